The second kappa shape index (κ2) is 3.13. The molecule has 1 aromatic rings. The Balaban J connectivity index is 2.31. The molecule has 0 atom stereocenters. The van der Waals surface area contributed by atoms with E-state index in [0.29, 0.717) is 11.9 Å². The molecule has 0 unspecified atom stereocenters. The van der Waals surface area contributed by atoms with Crippen molar-refractivity contribution < 1.29 is 4.79 Å². The van der Waals surface area contributed by atoms with Gasteiger partial charge in [-0.3, -0.25) is 4.79 Å². The van der Waals surface area contributed by atoms with Crippen molar-refractivity contribution in [1.29, 1.82) is 0 Å². The Morgan fingerprint density at radius 2 is 2.29 bits per heavy atom. The third-order valence-corrected chi connectivity index (χ3v) is 1.99. The minimum absolute atomic E-state index is 0.137. The van der Waals surface area contributed by atoms with Gasteiger partial charge in [-0.1, -0.05) is 0 Å². The van der Waals surface area contributed by atoms with Gasteiger partial charge in [-0.25, -0.2) is 4.98 Å². The van der Waals surface area contributed by atoms with Gasteiger partial charge in [-0.15, -0.1) is 0 Å². The summed E-state index contributed by atoms with van der Waals surface area (Å²) in [5.74, 6) is 0.0267. The van der Waals surface area contributed by atoms with E-state index in [1.165, 1.54) is 6.20 Å². The SMILES string of the molecule is NC(=O)c1cnc(N)nc1NC1CC1. The highest BCUT2D eigenvalue weighted by atomic mass is 16.1. The predicted molar refractivity (Wildman–Crippen MR) is 51.6 cm³/mol. The standard InChI is InChI=1S/C8H11N5O/c9-6(14)5-3-11-8(10)13-7(5)12-4-1-2-4/h3-4H,1-2H2,(H2,9,14)(H3,10,11,12,13). The molecule has 1 aromatic heterocycles. The van der Waals surface area contributed by atoms with E-state index in [0.717, 1.165) is 12.8 Å². The fraction of sp³-hybridized carbons (Fsp3) is 0.375. The van der Waals surface area contributed by atoms with Gasteiger partial charge in [0.05, 0.1) is 5.56 Å². The van der Waals surface area contributed by atoms with Gasteiger partial charge in [0.2, 0.25) is 5.95 Å². The first-order valence-electron chi connectivity index (χ1n) is 4.35. The summed E-state index contributed by atoms with van der Waals surface area (Å²) < 4.78 is 0. The van der Waals surface area contributed by atoms with Crippen molar-refractivity contribution >= 4 is 17.7 Å². The van der Waals surface area contributed by atoms with Gasteiger partial charge < -0.3 is 16.8 Å². The van der Waals surface area contributed by atoms with Crippen molar-refractivity contribution in [2.24, 2.45) is 5.73 Å². The largest absolute Gasteiger partial charge is 0.368 e. The summed E-state index contributed by atoms with van der Waals surface area (Å²) in [5, 5.41) is 3.07. The van der Waals surface area contributed by atoms with Crippen LogP contribution in [0.25, 0.3) is 0 Å². The zero-order chi connectivity index (χ0) is 10.1. The number of nitrogens with two attached hydrogens (primary N) is 2. The zero-order valence-electron chi connectivity index (χ0n) is 7.53. The van der Waals surface area contributed by atoms with Gasteiger partial charge >= 0.3 is 0 Å². The van der Waals surface area contributed by atoms with Crippen molar-refractivity contribution in [2.45, 2.75) is 18.9 Å². The summed E-state index contributed by atoms with van der Waals surface area (Å²) >= 11 is 0. The molecule has 0 saturated heterocycles. The Morgan fingerprint density at radius 1 is 1.57 bits per heavy atom. The fourth-order valence-corrected chi connectivity index (χ4v) is 1.11. The summed E-state index contributed by atoms with van der Waals surface area (Å²) in [5.41, 5.74) is 10.9. The van der Waals surface area contributed by atoms with E-state index in [2.05, 4.69) is 15.3 Å². The van der Waals surface area contributed by atoms with Crippen LogP contribution in [0.5, 0.6) is 0 Å². The molecule has 1 aliphatic carbocycles. The molecule has 6 heteroatoms. The minimum Gasteiger partial charge on any atom is -0.368 e. The molecule has 1 amide bonds. The van der Waals surface area contributed by atoms with Crippen LogP contribution in [0.15, 0.2) is 6.20 Å². The van der Waals surface area contributed by atoms with Crippen molar-refractivity contribution in [3.8, 4) is 0 Å². The molecule has 5 N–H and O–H groups in total. The van der Waals surface area contributed by atoms with Crippen molar-refractivity contribution in [1.82, 2.24) is 9.97 Å². The number of carbonyl (C=O) groups is 1. The molecule has 0 bridgehead atoms. The first kappa shape index (κ1) is 8.74. The van der Waals surface area contributed by atoms with E-state index in [1.807, 2.05) is 0 Å². The van der Waals surface area contributed by atoms with Crippen LogP contribution in [0.4, 0.5) is 11.8 Å². The molecule has 1 heterocycles. The maximum absolute atomic E-state index is 11.0. The second-order valence-electron chi connectivity index (χ2n) is 3.27. The lowest BCUT2D eigenvalue weighted by atomic mass is 10.3. The molecule has 0 aromatic carbocycles. The number of rotatable bonds is 3. The number of anilines is 2. The maximum Gasteiger partial charge on any atom is 0.254 e. The lowest BCUT2D eigenvalue weighted by molar-refractivity contribution is 0.100. The van der Waals surface area contributed by atoms with E-state index in [4.69, 9.17) is 11.5 Å². The molecule has 14 heavy (non-hydrogen) atoms. The summed E-state index contributed by atoms with van der Waals surface area (Å²) in [6.07, 6.45) is 3.51. The number of nitrogens with zero attached hydrogens (tertiary/aromatic N) is 2. The van der Waals surface area contributed by atoms with E-state index < -0.39 is 5.91 Å². The molecule has 0 aliphatic heterocycles. The van der Waals surface area contributed by atoms with Crippen LogP contribution >= 0.6 is 0 Å². The first-order chi connectivity index (χ1) is 6.66. The van der Waals surface area contributed by atoms with E-state index in [9.17, 15) is 4.79 Å². The van der Waals surface area contributed by atoms with Gasteiger partial charge in [-0.05, 0) is 12.8 Å². The van der Waals surface area contributed by atoms with E-state index in [1.54, 1.807) is 0 Å². The van der Waals surface area contributed by atoms with Crippen LogP contribution in [0.2, 0.25) is 0 Å². The smallest absolute Gasteiger partial charge is 0.254 e. The predicted octanol–water partition coefficient (Wildman–Crippen LogP) is -0.268. The molecule has 2 rings (SSSR count). The monoisotopic (exact) mass is 193 g/mol. The zero-order valence-corrected chi connectivity index (χ0v) is 7.53. The highest BCUT2D eigenvalue weighted by Gasteiger charge is 2.23. The number of amides is 1. The van der Waals surface area contributed by atoms with Crippen LogP contribution in [0.1, 0.15) is 23.2 Å². The van der Waals surface area contributed by atoms with Crippen LogP contribution in [-0.2, 0) is 0 Å². The number of nitrogens with one attached hydrogen (secondary N) is 1. The number of hydrogen-bond acceptors (Lipinski definition) is 5. The Bertz CT molecular complexity index is 374. The quantitative estimate of drug-likeness (QED) is 0.612. The molecule has 1 fully saturated rings. The first-order valence-corrected chi connectivity index (χ1v) is 4.35. The lowest BCUT2D eigenvalue weighted by Gasteiger charge is -2.07. The number of aromatic nitrogens is 2. The van der Waals surface area contributed by atoms with Crippen LogP contribution in [0.3, 0.4) is 0 Å². The lowest BCUT2D eigenvalue weighted by Crippen LogP contribution is -2.17. The third kappa shape index (κ3) is 1.73. The Labute approximate surface area is 80.7 Å². The third-order valence-electron chi connectivity index (χ3n) is 1.99. The number of carbonyl (C=O) groups excluding carboxylic acids is 1. The normalized spacial score (nSPS) is 15.1. The number of nitrogen functional groups attached to an aromatic ring is 1. The van der Waals surface area contributed by atoms with Crippen LogP contribution < -0.4 is 16.8 Å². The summed E-state index contributed by atoms with van der Waals surface area (Å²) in [7, 11) is 0. The minimum atomic E-state index is -0.548. The molecule has 74 valence electrons. The average molecular weight is 193 g/mol. The second-order valence-corrected chi connectivity index (χ2v) is 3.27. The van der Waals surface area contributed by atoms with Crippen molar-refractivity contribution in [3.05, 3.63) is 11.8 Å². The highest BCUT2D eigenvalue weighted by Crippen LogP contribution is 2.25. The number of hydrogen-bond donors (Lipinski definition) is 3. The van der Waals surface area contributed by atoms with Gasteiger partial charge in [0.25, 0.3) is 5.91 Å². The average Bonchev–Trinajstić information content (AvgIpc) is 2.87. The van der Waals surface area contributed by atoms with Gasteiger partial charge in [0.15, 0.2) is 0 Å². The van der Waals surface area contributed by atoms with Gasteiger partial charge in [0, 0.05) is 12.2 Å². The van der Waals surface area contributed by atoms with E-state index in [-0.39, 0.29) is 11.5 Å². The van der Waals surface area contributed by atoms with Crippen molar-refractivity contribution in [2.75, 3.05) is 11.1 Å². The summed E-state index contributed by atoms with van der Waals surface area (Å²) in [4.78, 5) is 18.6. The maximum atomic E-state index is 11.0. The van der Waals surface area contributed by atoms with Crippen molar-refractivity contribution in [3.63, 3.8) is 0 Å². The molecule has 1 aliphatic rings. The van der Waals surface area contributed by atoms with Crippen LogP contribution in [-0.4, -0.2) is 21.9 Å². The Hall–Kier alpha value is -1.85. The molecular weight excluding hydrogens is 182 g/mol. The summed E-state index contributed by atoms with van der Waals surface area (Å²) in [6.45, 7) is 0. The molecule has 6 nitrogen and oxygen atoms in total. The van der Waals surface area contributed by atoms with E-state index >= 15 is 0 Å². The summed E-state index contributed by atoms with van der Waals surface area (Å²) in [6, 6.07) is 0.391. The van der Waals surface area contributed by atoms with Gasteiger partial charge in [-0.2, -0.15) is 4.98 Å². The molecule has 1 saturated carbocycles. The number of primary amides is 1. The van der Waals surface area contributed by atoms with Gasteiger partial charge in [0.1, 0.15) is 5.82 Å². The van der Waals surface area contributed by atoms with Crippen LogP contribution in [0, 0.1) is 0 Å². The molecular formula is C8H11N5O. The molecule has 0 radical (unpaired) electrons. The fourth-order valence-electron chi connectivity index (χ4n) is 1.11. The molecule has 0 spiro atoms. The highest BCUT2D eigenvalue weighted by molar-refractivity contribution is 5.97. The Morgan fingerprint density at radius 3 is 2.86 bits per heavy atom. The Kier molecular flexibility index (Phi) is 1.95. The topological polar surface area (TPSA) is 107 Å².